The maximum Gasteiger partial charge on any atom is 0.412 e. The van der Waals surface area contributed by atoms with E-state index in [2.05, 4.69) is 10.6 Å². The fourth-order valence-electron chi connectivity index (χ4n) is 1.68. The summed E-state index contributed by atoms with van der Waals surface area (Å²) >= 11 is 5.75. The average Bonchev–Trinajstić information content (AvgIpc) is 2.53. The molecular weight excluding hydrogens is 304 g/mol. The van der Waals surface area contributed by atoms with Crippen molar-refractivity contribution in [3.05, 3.63) is 65.2 Å². The molecule has 0 heterocycles. The molecule has 2 rings (SSSR count). The Balaban J connectivity index is 1.67. The van der Waals surface area contributed by atoms with Crippen molar-refractivity contribution in [2.24, 2.45) is 0 Å². The zero-order valence-corrected chi connectivity index (χ0v) is 12.5. The van der Waals surface area contributed by atoms with E-state index in [9.17, 15) is 9.59 Å². The third-order valence-corrected chi connectivity index (χ3v) is 2.99. The first kappa shape index (κ1) is 15.9. The van der Waals surface area contributed by atoms with Gasteiger partial charge in [0.05, 0.1) is 0 Å². The molecule has 22 heavy (non-hydrogen) atoms. The number of amides is 2. The minimum atomic E-state index is -0.563. The van der Waals surface area contributed by atoms with Crippen molar-refractivity contribution >= 4 is 23.6 Å². The van der Waals surface area contributed by atoms with Crippen LogP contribution in [0.15, 0.2) is 54.6 Å². The van der Waals surface area contributed by atoms with Gasteiger partial charge in [-0.2, -0.15) is 0 Å². The van der Waals surface area contributed by atoms with E-state index in [0.29, 0.717) is 22.9 Å². The van der Waals surface area contributed by atoms with E-state index in [1.54, 1.807) is 48.5 Å². The predicted octanol–water partition coefficient (Wildman–Crippen LogP) is 2.86. The van der Waals surface area contributed by atoms with Crippen LogP contribution in [0.4, 0.5) is 4.79 Å². The molecule has 0 aromatic heterocycles. The Morgan fingerprint density at radius 2 is 1.55 bits per heavy atom. The summed E-state index contributed by atoms with van der Waals surface area (Å²) in [4.78, 5) is 23.3. The zero-order valence-electron chi connectivity index (χ0n) is 11.7. The molecule has 0 radical (unpaired) electrons. The Hall–Kier alpha value is -2.53. The Morgan fingerprint density at radius 1 is 0.909 bits per heavy atom. The topological polar surface area (TPSA) is 67.4 Å². The first-order valence-electron chi connectivity index (χ1n) is 6.69. The third kappa shape index (κ3) is 5.10. The Bertz CT molecular complexity index is 630. The lowest BCUT2D eigenvalue weighted by Crippen LogP contribution is -2.36. The summed E-state index contributed by atoms with van der Waals surface area (Å²) in [5.41, 5.74) is 0.510. The number of carbonyl (C=O) groups is 2. The fourth-order valence-corrected chi connectivity index (χ4v) is 1.80. The highest BCUT2D eigenvalue weighted by molar-refractivity contribution is 6.30. The van der Waals surface area contributed by atoms with Crippen molar-refractivity contribution in [1.29, 1.82) is 0 Å². The highest BCUT2D eigenvalue weighted by atomic mass is 35.5. The van der Waals surface area contributed by atoms with Crippen LogP contribution in [-0.4, -0.2) is 25.1 Å². The van der Waals surface area contributed by atoms with Crippen LogP contribution in [0.2, 0.25) is 5.02 Å². The standard InChI is InChI=1S/C16H15ClN2O3/c17-13-8-6-12(7-9-13)15(20)18-10-11-19-16(21)22-14-4-2-1-3-5-14/h1-9H,10-11H2,(H,18,20)(H,19,21). The first-order chi connectivity index (χ1) is 10.6. The first-order valence-corrected chi connectivity index (χ1v) is 7.07. The lowest BCUT2D eigenvalue weighted by atomic mass is 10.2. The van der Waals surface area contributed by atoms with Crippen LogP contribution in [0.3, 0.4) is 0 Å². The summed E-state index contributed by atoms with van der Waals surface area (Å²) in [6.07, 6.45) is -0.563. The van der Waals surface area contributed by atoms with E-state index in [0.717, 1.165) is 0 Å². The second kappa shape index (κ2) is 8.05. The fraction of sp³-hybridized carbons (Fsp3) is 0.125. The van der Waals surface area contributed by atoms with E-state index < -0.39 is 6.09 Å². The molecule has 6 heteroatoms. The van der Waals surface area contributed by atoms with Crippen LogP contribution in [0, 0.1) is 0 Å². The van der Waals surface area contributed by atoms with Gasteiger partial charge in [0.15, 0.2) is 0 Å². The van der Waals surface area contributed by atoms with Crippen LogP contribution >= 0.6 is 11.6 Å². The van der Waals surface area contributed by atoms with Crippen LogP contribution in [-0.2, 0) is 0 Å². The minimum absolute atomic E-state index is 0.227. The number of benzene rings is 2. The number of nitrogens with one attached hydrogen (secondary N) is 2. The van der Waals surface area contributed by atoms with Crippen molar-refractivity contribution < 1.29 is 14.3 Å². The molecule has 2 aromatic rings. The van der Waals surface area contributed by atoms with E-state index in [-0.39, 0.29) is 12.5 Å². The maximum absolute atomic E-state index is 11.8. The molecule has 0 aliphatic heterocycles. The van der Waals surface area contributed by atoms with Gasteiger partial charge in [-0.15, -0.1) is 0 Å². The van der Waals surface area contributed by atoms with Crippen LogP contribution < -0.4 is 15.4 Å². The molecule has 2 aromatic carbocycles. The second-order valence-electron chi connectivity index (χ2n) is 4.39. The monoisotopic (exact) mass is 318 g/mol. The molecule has 5 nitrogen and oxygen atoms in total. The van der Waals surface area contributed by atoms with E-state index >= 15 is 0 Å². The van der Waals surface area contributed by atoms with Gasteiger partial charge < -0.3 is 15.4 Å². The van der Waals surface area contributed by atoms with Crippen molar-refractivity contribution in [3.8, 4) is 5.75 Å². The highest BCUT2D eigenvalue weighted by Gasteiger charge is 2.06. The van der Waals surface area contributed by atoms with Crippen molar-refractivity contribution in [1.82, 2.24) is 10.6 Å². The van der Waals surface area contributed by atoms with Gasteiger partial charge in [-0.25, -0.2) is 4.79 Å². The molecule has 114 valence electrons. The summed E-state index contributed by atoms with van der Waals surface area (Å²) < 4.78 is 5.04. The van der Waals surface area contributed by atoms with Gasteiger partial charge in [-0.1, -0.05) is 29.8 Å². The van der Waals surface area contributed by atoms with Crippen LogP contribution in [0.25, 0.3) is 0 Å². The molecule has 0 unspecified atom stereocenters. The van der Waals surface area contributed by atoms with Crippen LogP contribution in [0.5, 0.6) is 5.75 Å². The molecule has 0 saturated carbocycles. The summed E-state index contributed by atoms with van der Waals surface area (Å²) in [6.45, 7) is 0.566. The molecule has 0 bridgehead atoms. The summed E-state index contributed by atoms with van der Waals surface area (Å²) in [6, 6.07) is 15.3. The van der Waals surface area contributed by atoms with E-state index in [1.165, 1.54) is 0 Å². The van der Waals surface area contributed by atoms with Crippen molar-refractivity contribution in [2.75, 3.05) is 13.1 Å². The number of rotatable bonds is 5. The summed E-state index contributed by atoms with van der Waals surface area (Å²) in [7, 11) is 0. The molecule has 0 aliphatic carbocycles. The van der Waals surface area contributed by atoms with Crippen molar-refractivity contribution in [3.63, 3.8) is 0 Å². The molecule has 0 fully saturated rings. The Labute approximate surface area is 133 Å². The Morgan fingerprint density at radius 3 is 2.23 bits per heavy atom. The highest BCUT2D eigenvalue weighted by Crippen LogP contribution is 2.09. The molecule has 2 amide bonds. The molecule has 0 atom stereocenters. The van der Waals surface area contributed by atoms with E-state index in [4.69, 9.17) is 16.3 Å². The molecule has 0 saturated heterocycles. The normalized spacial score (nSPS) is 9.86. The summed E-state index contributed by atoms with van der Waals surface area (Å²) in [5, 5.41) is 5.81. The predicted molar refractivity (Wildman–Crippen MR) is 84.3 cm³/mol. The number of ether oxygens (including phenoxy) is 1. The zero-order chi connectivity index (χ0) is 15.8. The van der Waals surface area contributed by atoms with Gasteiger partial charge in [-0.3, -0.25) is 4.79 Å². The number of carbonyl (C=O) groups excluding carboxylic acids is 2. The van der Waals surface area contributed by atoms with Gasteiger partial charge in [0, 0.05) is 23.7 Å². The third-order valence-electron chi connectivity index (χ3n) is 2.74. The number of para-hydroxylation sites is 1. The lowest BCUT2D eigenvalue weighted by molar-refractivity contribution is 0.0953. The molecule has 0 aliphatic rings. The number of halogens is 1. The van der Waals surface area contributed by atoms with Gasteiger partial charge in [0.1, 0.15) is 5.75 Å². The van der Waals surface area contributed by atoms with Gasteiger partial charge >= 0.3 is 6.09 Å². The second-order valence-corrected chi connectivity index (χ2v) is 4.83. The SMILES string of the molecule is O=C(NCCNC(=O)c1ccc(Cl)cc1)Oc1ccccc1. The smallest absolute Gasteiger partial charge is 0.410 e. The van der Waals surface area contributed by atoms with Gasteiger partial charge in [0.25, 0.3) is 5.91 Å². The van der Waals surface area contributed by atoms with E-state index in [1.807, 2.05) is 6.07 Å². The van der Waals surface area contributed by atoms with Gasteiger partial charge in [-0.05, 0) is 36.4 Å². The number of hydrogen-bond donors (Lipinski definition) is 2. The molecule has 0 spiro atoms. The number of hydrogen-bond acceptors (Lipinski definition) is 3. The maximum atomic E-state index is 11.8. The molecular formula is C16H15ClN2O3. The van der Waals surface area contributed by atoms with Crippen LogP contribution in [0.1, 0.15) is 10.4 Å². The molecule has 2 N–H and O–H groups in total. The lowest BCUT2D eigenvalue weighted by Gasteiger charge is -2.08. The largest absolute Gasteiger partial charge is 0.412 e. The average molecular weight is 319 g/mol. The quantitative estimate of drug-likeness (QED) is 0.833. The van der Waals surface area contributed by atoms with Crippen molar-refractivity contribution in [2.45, 2.75) is 0 Å². The Kier molecular flexibility index (Phi) is 5.80. The van der Waals surface area contributed by atoms with Gasteiger partial charge in [0.2, 0.25) is 0 Å². The minimum Gasteiger partial charge on any atom is -0.410 e. The summed E-state index contributed by atoms with van der Waals surface area (Å²) in [5.74, 6) is 0.236.